The van der Waals surface area contributed by atoms with E-state index in [1.165, 1.54) is 4.57 Å². The number of halogens is 2. The zero-order chi connectivity index (χ0) is 19.7. The number of rotatable bonds is 3. The van der Waals surface area contributed by atoms with Gasteiger partial charge in [0.15, 0.2) is 5.82 Å². The predicted octanol–water partition coefficient (Wildman–Crippen LogP) is 4.36. The normalized spacial score (nSPS) is 10.8. The monoisotopic (exact) mass is 409 g/mol. The van der Waals surface area contributed by atoms with Crippen molar-refractivity contribution >= 4 is 23.2 Å². The van der Waals surface area contributed by atoms with E-state index in [9.17, 15) is 9.59 Å². The molecule has 0 radical (unpaired) electrons. The lowest BCUT2D eigenvalue weighted by Gasteiger charge is -2.15. The fourth-order valence-electron chi connectivity index (χ4n) is 2.88. The number of nitrogens with zero attached hydrogens (tertiary/aromatic N) is 3. The van der Waals surface area contributed by atoms with Crippen LogP contribution in [0.25, 0.3) is 22.8 Å². The van der Waals surface area contributed by atoms with E-state index in [2.05, 4.69) is 4.98 Å². The minimum absolute atomic E-state index is 0.253. The smallest absolute Gasteiger partial charge is 0.247 e. The third kappa shape index (κ3) is 3.38. The second kappa shape index (κ2) is 7.46. The van der Waals surface area contributed by atoms with Gasteiger partial charge in [0.25, 0.3) is 0 Å². The lowest BCUT2D eigenvalue weighted by atomic mass is 10.2. The van der Waals surface area contributed by atoms with Crippen molar-refractivity contribution in [1.29, 1.82) is 0 Å². The number of hydrogen-bond donors (Lipinski definition) is 0. The van der Waals surface area contributed by atoms with E-state index in [1.807, 2.05) is 18.2 Å². The molecular weight excluding hydrogens is 397 g/mol. The molecular formula is C21H13Cl2N3O2. The summed E-state index contributed by atoms with van der Waals surface area (Å²) >= 11 is 11.9. The van der Waals surface area contributed by atoms with Gasteiger partial charge in [0.1, 0.15) is 0 Å². The second-order valence-electron chi connectivity index (χ2n) is 5.99. The molecule has 0 aliphatic carbocycles. The minimum Gasteiger partial charge on any atom is -0.247 e. The maximum absolute atomic E-state index is 13.4. The van der Waals surface area contributed by atoms with Gasteiger partial charge in [-0.15, -0.1) is 0 Å². The van der Waals surface area contributed by atoms with Gasteiger partial charge in [0.05, 0.1) is 11.4 Å². The van der Waals surface area contributed by atoms with E-state index in [0.29, 0.717) is 27.0 Å². The van der Waals surface area contributed by atoms with Crippen LogP contribution in [-0.4, -0.2) is 14.1 Å². The quantitative estimate of drug-likeness (QED) is 0.505. The van der Waals surface area contributed by atoms with Crippen molar-refractivity contribution in [2.75, 3.05) is 0 Å². The Morgan fingerprint density at radius 1 is 0.643 bits per heavy atom. The lowest BCUT2D eigenvalue weighted by molar-refractivity contribution is 0.755. The van der Waals surface area contributed by atoms with Crippen LogP contribution in [0.4, 0.5) is 0 Å². The first-order valence-corrected chi connectivity index (χ1v) is 9.13. The van der Waals surface area contributed by atoms with Gasteiger partial charge >= 0.3 is 11.4 Å². The standard InChI is InChI=1S/C21H13Cl2N3O2/c22-15-6-10-17(11-7-15)25-19(14-4-2-1-3-5-14)24-20(27)26(21(25)28)18-12-8-16(23)9-13-18/h1-13H. The van der Waals surface area contributed by atoms with Crippen molar-refractivity contribution in [3.05, 3.63) is 110 Å². The van der Waals surface area contributed by atoms with Gasteiger partial charge in [-0.25, -0.2) is 18.7 Å². The molecule has 5 nitrogen and oxygen atoms in total. The highest BCUT2D eigenvalue weighted by molar-refractivity contribution is 6.30. The maximum atomic E-state index is 13.4. The maximum Gasteiger partial charge on any atom is 0.358 e. The Balaban J connectivity index is 2.06. The Kier molecular flexibility index (Phi) is 4.86. The number of aromatic nitrogens is 3. The van der Waals surface area contributed by atoms with Gasteiger partial charge in [-0.05, 0) is 48.5 Å². The molecule has 0 saturated carbocycles. The fraction of sp³-hybridized carbons (Fsp3) is 0. The molecule has 28 heavy (non-hydrogen) atoms. The van der Waals surface area contributed by atoms with E-state index in [4.69, 9.17) is 23.2 Å². The molecule has 1 heterocycles. The fourth-order valence-corrected chi connectivity index (χ4v) is 3.13. The minimum atomic E-state index is -0.670. The third-order valence-corrected chi connectivity index (χ3v) is 4.69. The van der Waals surface area contributed by atoms with Gasteiger partial charge in [-0.2, -0.15) is 4.98 Å². The summed E-state index contributed by atoms with van der Waals surface area (Å²) in [5, 5.41) is 1.04. The molecule has 4 aromatic rings. The molecule has 0 fully saturated rings. The highest BCUT2D eigenvalue weighted by atomic mass is 35.5. The van der Waals surface area contributed by atoms with E-state index >= 15 is 0 Å². The number of benzene rings is 3. The van der Waals surface area contributed by atoms with Crippen molar-refractivity contribution in [3.8, 4) is 22.8 Å². The van der Waals surface area contributed by atoms with Gasteiger partial charge in [-0.1, -0.05) is 53.5 Å². The SMILES string of the molecule is O=c1nc(-c2ccccc2)n(-c2ccc(Cl)cc2)c(=O)n1-c1ccc(Cl)cc1. The summed E-state index contributed by atoms with van der Waals surface area (Å²) in [6.07, 6.45) is 0. The Morgan fingerprint density at radius 3 is 1.68 bits per heavy atom. The first-order valence-electron chi connectivity index (χ1n) is 8.38. The first-order chi connectivity index (χ1) is 13.5. The molecule has 3 aromatic carbocycles. The summed E-state index contributed by atoms with van der Waals surface area (Å²) in [5.41, 5.74) is 0.368. The highest BCUT2D eigenvalue weighted by Crippen LogP contribution is 2.20. The molecule has 0 spiro atoms. The van der Waals surface area contributed by atoms with E-state index in [0.717, 1.165) is 4.57 Å². The lowest BCUT2D eigenvalue weighted by Crippen LogP contribution is -2.40. The molecule has 0 saturated heterocycles. The highest BCUT2D eigenvalue weighted by Gasteiger charge is 2.17. The molecule has 0 aliphatic rings. The second-order valence-corrected chi connectivity index (χ2v) is 6.86. The third-order valence-electron chi connectivity index (χ3n) is 4.19. The summed E-state index contributed by atoms with van der Waals surface area (Å²) in [5.74, 6) is 0.253. The van der Waals surface area contributed by atoms with Crippen LogP contribution in [0, 0.1) is 0 Å². The Labute approximate surface area is 170 Å². The van der Waals surface area contributed by atoms with Crippen LogP contribution in [0.5, 0.6) is 0 Å². The molecule has 1 aromatic heterocycles. The molecule has 4 rings (SSSR count). The van der Waals surface area contributed by atoms with Crippen molar-refractivity contribution in [2.24, 2.45) is 0 Å². The molecule has 7 heteroatoms. The van der Waals surface area contributed by atoms with Crippen LogP contribution in [0.3, 0.4) is 0 Å². The molecule has 0 aliphatic heterocycles. The average Bonchev–Trinajstić information content (AvgIpc) is 2.71. The summed E-state index contributed by atoms with van der Waals surface area (Å²) in [6, 6.07) is 22.2. The summed E-state index contributed by atoms with van der Waals surface area (Å²) in [4.78, 5) is 30.3. The van der Waals surface area contributed by atoms with Crippen molar-refractivity contribution in [1.82, 2.24) is 14.1 Å². The summed E-state index contributed by atoms with van der Waals surface area (Å²) in [6.45, 7) is 0. The van der Waals surface area contributed by atoms with Gasteiger partial charge < -0.3 is 0 Å². The van der Waals surface area contributed by atoms with Crippen LogP contribution in [0.1, 0.15) is 0 Å². The molecule has 0 N–H and O–H groups in total. The Bertz CT molecular complexity index is 1250. The van der Waals surface area contributed by atoms with Crippen LogP contribution in [0.15, 0.2) is 88.5 Å². The molecule has 138 valence electrons. The molecule has 0 amide bonds. The Morgan fingerprint density at radius 2 is 1.14 bits per heavy atom. The van der Waals surface area contributed by atoms with Gasteiger partial charge in [-0.3, -0.25) is 0 Å². The van der Waals surface area contributed by atoms with Crippen molar-refractivity contribution < 1.29 is 0 Å². The van der Waals surface area contributed by atoms with Crippen molar-refractivity contribution in [2.45, 2.75) is 0 Å². The van der Waals surface area contributed by atoms with Crippen LogP contribution in [0.2, 0.25) is 10.0 Å². The topological polar surface area (TPSA) is 56.9 Å². The molecule has 0 atom stereocenters. The van der Waals surface area contributed by atoms with Gasteiger partial charge in [0.2, 0.25) is 0 Å². The average molecular weight is 410 g/mol. The molecule has 0 unspecified atom stereocenters. The number of hydrogen-bond acceptors (Lipinski definition) is 3. The van der Waals surface area contributed by atoms with Crippen LogP contribution in [-0.2, 0) is 0 Å². The predicted molar refractivity (Wildman–Crippen MR) is 111 cm³/mol. The van der Waals surface area contributed by atoms with E-state index in [-0.39, 0.29) is 5.82 Å². The zero-order valence-corrected chi connectivity index (χ0v) is 15.9. The van der Waals surface area contributed by atoms with E-state index in [1.54, 1.807) is 60.7 Å². The van der Waals surface area contributed by atoms with Crippen LogP contribution < -0.4 is 11.4 Å². The van der Waals surface area contributed by atoms with E-state index < -0.39 is 11.4 Å². The summed E-state index contributed by atoms with van der Waals surface area (Å²) in [7, 11) is 0. The Hall–Kier alpha value is -3.15. The molecule has 0 bridgehead atoms. The van der Waals surface area contributed by atoms with Gasteiger partial charge in [0, 0.05) is 15.6 Å². The largest absolute Gasteiger partial charge is 0.358 e. The van der Waals surface area contributed by atoms with Crippen molar-refractivity contribution in [3.63, 3.8) is 0 Å². The van der Waals surface area contributed by atoms with Crippen LogP contribution >= 0.6 is 23.2 Å². The zero-order valence-electron chi connectivity index (χ0n) is 14.4. The summed E-state index contributed by atoms with van der Waals surface area (Å²) < 4.78 is 2.40. The first kappa shape index (κ1) is 18.2.